The quantitative estimate of drug-likeness (QED) is 0.150. The van der Waals surface area contributed by atoms with Crippen molar-refractivity contribution in [1.29, 1.82) is 0 Å². The van der Waals surface area contributed by atoms with E-state index in [-0.39, 0.29) is 18.6 Å². The van der Waals surface area contributed by atoms with Crippen LogP contribution in [0.15, 0.2) is 65.8 Å². The highest BCUT2D eigenvalue weighted by Gasteiger charge is 2.52. The van der Waals surface area contributed by atoms with Crippen molar-refractivity contribution in [2.45, 2.75) is 58.3 Å². The lowest BCUT2D eigenvalue weighted by atomic mass is 9.74. The molecule has 2 heterocycles. The van der Waals surface area contributed by atoms with E-state index in [1.807, 2.05) is 46.8 Å². The summed E-state index contributed by atoms with van der Waals surface area (Å²) in [6, 6.07) is 20.9. The molecule has 0 N–H and O–H groups in total. The number of anilines is 1. The number of carbonyl (C=O) groups is 1. The fourth-order valence-electron chi connectivity index (χ4n) is 6.28. The third-order valence-corrected chi connectivity index (χ3v) is 9.59. The number of fused-ring (bicyclic) bond motifs is 3. The van der Waals surface area contributed by atoms with Gasteiger partial charge in [-0.25, -0.2) is 4.79 Å². The standard InChI is InChI=1S/C33H38BN5O4/c1-22-23(20-36-37-35)18-24(19-30(22)34-42-32(2,3)33(4,5)43-34)38-14-16-39(17-15-38)31(40)41-21-29-27-12-8-6-10-25(27)26-11-7-9-13-28(26)29/h6-13,18-19,29H,14-17,20-21H2,1-5H3. The molecule has 3 aromatic carbocycles. The summed E-state index contributed by atoms with van der Waals surface area (Å²) in [6.07, 6.45) is -0.285. The Hall–Kier alpha value is -3.98. The lowest BCUT2D eigenvalue weighted by molar-refractivity contribution is 0.00578. The molecule has 3 aliphatic rings. The second kappa shape index (κ2) is 11.3. The van der Waals surface area contributed by atoms with Gasteiger partial charge in [0.2, 0.25) is 0 Å². The van der Waals surface area contributed by atoms with Crippen LogP contribution in [-0.4, -0.2) is 62.1 Å². The van der Waals surface area contributed by atoms with E-state index in [2.05, 4.69) is 63.5 Å². The first-order valence-corrected chi connectivity index (χ1v) is 14.9. The molecule has 6 rings (SSSR count). The van der Waals surface area contributed by atoms with E-state index in [0.29, 0.717) is 32.8 Å². The summed E-state index contributed by atoms with van der Waals surface area (Å²) >= 11 is 0. The smallest absolute Gasteiger partial charge is 0.448 e. The molecule has 1 amide bonds. The van der Waals surface area contributed by atoms with Crippen LogP contribution < -0.4 is 10.4 Å². The van der Waals surface area contributed by atoms with E-state index in [1.54, 1.807) is 4.90 Å². The maximum Gasteiger partial charge on any atom is 0.495 e. The van der Waals surface area contributed by atoms with Crippen LogP contribution in [0.1, 0.15) is 55.9 Å². The van der Waals surface area contributed by atoms with E-state index in [4.69, 9.17) is 19.6 Å². The fraction of sp³-hybridized carbons (Fsp3) is 0.424. The molecule has 43 heavy (non-hydrogen) atoms. The van der Waals surface area contributed by atoms with Crippen LogP contribution in [0.5, 0.6) is 0 Å². The lowest BCUT2D eigenvalue weighted by Gasteiger charge is -2.36. The van der Waals surface area contributed by atoms with Gasteiger partial charge in [-0.05, 0) is 91.1 Å². The Morgan fingerprint density at radius 3 is 2.14 bits per heavy atom. The van der Waals surface area contributed by atoms with Gasteiger partial charge in [0, 0.05) is 42.7 Å². The Balaban J connectivity index is 1.14. The summed E-state index contributed by atoms with van der Waals surface area (Å²) < 4.78 is 18.7. The molecule has 0 saturated carbocycles. The van der Waals surface area contributed by atoms with Crippen LogP contribution in [0, 0.1) is 6.92 Å². The van der Waals surface area contributed by atoms with E-state index in [1.165, 1.54) is 22.3 Å². The first kappa shape index (κ1) is 29.1. The topological polar surface area (TPSA) is 100 Å². The van der Waals surface area contributed by atoms with Crippen LogP contribution in [0.4, 0.5) is 10.5 Å². The van der Waals surface area contributed by atoms with Crippen LogP contribution in [0.3, 0.4) is 0 Å². The lowest BCUT2D eigenvalue weighted by Crippen LogP contribution is -2.49. The van der Waals surface area contributed by atoms with Gasteiger partial charge in [0.05, 0.1) is 17.7 Å². The molecule has 0 radical (unpaired) electrons. The van der Waals surface area contributed by atoms with Crippen LogP contribution >= 0.6 is 0 Å². The first-order valence-electron chi connectivity index (χ1n) is 14.9. The molecule has 0 aromatic heterocycles. The second-order valence-electron chi connectivity index (χ2n) is 12.6. The van der Waals surface area contributed by atoms with Gasteiger partial charge in [-0.1, -0.05) is 53.6 Å². The fourth-order valence-corrected chi connectivity index (χ4v) is 6.28. The number of rotatable bonds is 6. The molecule has 1 aliphatic carbocycles. The molecule has 222 valence electrons. The number of nitrogens with zero attached hydrogens (tertiary/aromatic N) is 5. The van der Waals surface area contributed by atoms with Crippen molar-refractivity contribution in [2.75, 3.05) is 37.7 Å². The van der Waals surface area contributed by atoms with Gasteiger partial charge in [-0.2, -0.15) is 0 Å². The molecular formula is C33H38BN5O4. The van der Waals surface area contributed by atoms with Crippen molar-refractivity contribution in [3.8, 4) is 11.1 Å². The number of hydrogen-bond acceptors (Lipinski definition) is 6. The van der Waals surface area contributed by atoms with Gasteiger partial charge in [-0.3, -0.25) is 0 Å². The van der Waals surface area contributed by atoms with Crippen molar-refractivity contribution in [2.24, 2.45) is 5.11 Å². The summed E-state index contributed by atoms with van der Waals surface area (Å²) in [6.45, 7) is 13.1. The Labute approximate surface area is 253 Å². The van der Waals surface area contributed by atoms with Crippen molar-refractivity contribution in [3.05, 3.63) is 93.4 Å². The van der Waals surface area contributed by atoms with Gasteiger partial charge in [0.25, 0.3) is 0 Å². The zero-order chi connectivity index (χ0) is 30.4. The highest BCUT2D eigenvalue weighted by atomic mass is 16.7. The Bertz CT molecular complexity index is 1530. The molecule has 0 spiro atoms. The number of carbonyl (C=O) groups excluding carboxylic acids is 1. The molecule has 3 aromatic rings. The summed E-state index contributed by atoms with van der Waals surface area (Å²) in [7, 11) is -0.531. The molecule has 10 heteroatoms. The minimum atomic E-state index is -0.531. The minimum Gasteiger partial charge on any atom is -0.448 e. The first-order chi connectivity index (χ1) is 20.6. The average molecular weight is 580 g/mol. The van der Waals surface area contributed by atoms with Gasteiger partial charge in [0.15, 0.2) is 0 Å². The monoisotopic (exact) mass is 579 g/mol. The Morgan fingerprint density at radius 1 is 0.977 bits per heavy atom. The predicted octanol–water partition coefficient (Wildman–Crippen LogP) is 6.18. The van der Waals surface area contributed by atoms with E-state index >= 15 is 0 Å². The van der Waals surface area contributed by atoms with Gasteiger partial charge in [-0.15, -0.1) is 0 Å². The number of hydrogen-bond donors (Lipinski definition) is 0. The third kappa shape index (κ3) is 5.35. The SMILES string of the molecule is Cc1c(CN=[N+]=[N-])cc(N2CCN(C(=O)OCC3c4ccccc4-c4ccccc43)CC2)cc1B1OC(C)(C)C(C)(C)O1. The maximum atomic E-state index is 13.2. The van der Waals surface area contributed by atoms with E-state index < -0.39 is 18.3 Å². The third-order valence-electron chi connectivity index (χ3n) is 9.59. The molecule has 9 nitrogen and oxygen atoms in total. The Kier molecular flexibility index (Phi) is 7.63. The van der Waals surface area contributed by atoms with Crippen molar-refractivity contribution in [1.82, 2.24) is 4.90 Å². The van der Waals surface area contributed by atoms with Gasteiger partial charge >= 0.3 is 13.2 Å². The highest BCUT2D eigenvalue weighted by Crippen LogP contribution is 2.44. The van der Waals surface area contributed by atoms with Gasteiger partial charge < -0.3 is 23.8 Å². The van der Waals surface area contributed by atoms with Crippen LogP contribution in [0.25, 0.3) is 21.6 Å². The van der Waals surface area contributed by atoms with Crippen LogP contribution in [-0.2, 0) is 20.6 Å². The second-order valence-corrected chi connectivity index (χ2v) is 12.6. The average Bonchev–Trinajstić information content (AvgIpc) is 3.44. The number of azide groups is 1. The van der Waals surface area contributed by atoms with Gasteiger partial charge in [0.1, 0.15) is 6.61 Å². The summed E-state index contributed by atoms with van der Waals surface area (Å²) in [4.78, 5) is 20.2. The van der Waals surface area contributed by atoms with Crippen LogP contribution in [0.2, 0.25) is 0 Å². The van der Waals surface area contributed by atoms with Crippen molar-refractivity contribution < 1.29 is 18.8 Å². The van der Waals surface area contributed by atoms with E-state index in [9.17, 15) is 4.79 Å². The largest absolute Gasteiger partial charge is 0.495 e. The molecule has 2 fully saturated rings. The molecule has 0 atom stereocenters. The minimum absolute atomic E-state index is 0.0353. The summed E-state index contributed by atoms with van der Waals surface area (Å²) in [5, 5.41) is 3.84. The molecule has 2 saturated heterocycles. The summed E-state index contributed by atoms with van der Waals surface area (Å²) in [5.74, 6) is 0.0353. The molecular weight excluding hydrogens is 541 g/mol. The number of benzene rings is 3. The zero-order valence-electron chi connectivity index (χ0n) is 25.5. The number of ether oxygens (including phenoxy) is 1. The molecule has 0 bridgehead atoms. The molecule has 2 aliphatic heterocycles. The molecule has 0 unspecified atom stereocenters. The van der Waals surface area contributed by atoms with Crippen molar-refractivity contribution >= 4 is 24.4 Å². The van der Waals surface area contributed by atoms with E-state index in [0.717, 1.165) is 22.3 Å². The predicted molar refractivity (Wildman–Crippen MR) is 169 cm³/mol. The van der Waals surface area contributed by atoms with Crippen molar-refractivity contribution in [3.63, 3.8) is 0 Å². The number of piperazine rings is 1. The Morgan fingerprint density at radius 2 is 1.56 bits per heavy atom. The zero-order valence-corrected chi connectivity index (χ0v) is 25.5. The summed E-state index contributed by atoms with van der Waals surface area (Å²) in [5.41, 5.74) is 16.7. The normalized spacial score (nSPS) is 18.7. The highest BCUT2D eigenvalue weighted by molar-refractivity contribution is 6.62. The maximum absolute atomic E-state index is 13.2. The number of amides is 1.